The molecule has 3 aliphatic rings. The number of hydrogen-bond donors (Lipinski definition) is 2. The van der Waals surface area contributed by atoms with Gasteiger partial charge in [-0.15, -0.1) is 0 Å². The van der Waals surface area contributed by atoms with Crippen LogP contribution in [0.2, 0.25) is 0 Å². The molecular formula is C27H32N6O2. The molecule has 1 aromatic carbocycles. The predicted octanol–water partition coefficient (Wildman–Crippen LogP) is 4.68. The van der Waals surface area contributed by atoms with Crippen molar-refractivity contribution in [3.63, 3.8) is 0 Å². The van der Waals surface area contributed by atoms with E-state index in [-0.39, 0.29) is 6.10 Å². The van der Waals surface area contributed by atoms with Gasteiger partial charge in [-0.1, -0.05) is 6.07 Å². The molecule has 3 aromatic rings. The van der Waals surface area contributed by atoms with Crippen LogP contribution >= 0.6 is 0 Å². The number of carbonyl (C=O) groups is 1. The van der Waals surface area contributed by atoms with Gasteiger partial charge in [0.25, 0.3) is 0 Å². The molecule has 2 atom stereocenters. The minimum absolute atomic E-state index is 0.155. The second kappa shape index (κ2) is 11.3. The maximum absolute atomic E-state index is 12.5. The summed E-state index contributed by atoms with van der Waals surface area (Å²) in [4.78, 5) is 28.2. The van der Waals surface area contributed by atoms with Crippen LogP contribution in [0.5, 0.6) is 5.75 Å². The number of fused-ring (bicyclic) bond motifs is 8. The number of ketones is 1. The first-order chi connectivity index (χ1) is 17.2. The highest BCUT2D eigenvalue weighted by molar-refractivity contribution is 5.80. The number of ether oxygens (including phenoxy) is 1. The largest absolute Gasteiger partial charge is 0.490 e. The molecule has 0 radical (unpaired) electrons. The Hall–Kier alpha value is -3.52. The fraction of sp³-hybridized carbons (Fsp3) is 0.407. The molecular weight excluding hydrogens is 440 g/mol. The molecule has 3 aliphatic heterocycles. The van der Waals surface area contributed by atoms with E-state index in [0.29, 0.717) is 24.7 Å². The lowest BCUT2D eigenvalue weighted by Gasteiger charge is -2.20. The van der Waals surface area contributed by atoms with Gasteiger partial charge in [0.05, 0.1) is 12.6 Å². The average Bonchev–Trinajstić information content (AvgIpc) is 3.09. The molecule has 182 valence electrons. The molecule has 8 bridgehead atoms. The molecule has 0 amide bonds. The van der Waals surface area contributed by atoms with Crippen LogP contribution in [0.25, 0.3) is 11.1 Å². The van der Waals surface area contributed by atoms with Crippen LogP contribution in [-0.4, -0.2) is 57.9 Å². The number of pyridine rings is 1. The van der Waals surface area contributed by atoms with Crippen molar-refractivity contribution in [1.82, 2.24) is 19.9 Å². The van der Waals surface area contributed by atoms with Gasteiger partial charge in [0.1, 0.15) is 17.4 Å². The second-order valence-electron chi connectivity index (χ2n) is 9.25. The fourth-order valence-electron chi connectivity index (χ4n) is 4.61. The average molecular weight is 473 g/mol. The molecule has 2 unspecified atom stereocenters. The van der Waals surface area contributed by atoms with E-state index >= 15 is 0 Å². The summed E-state index contributed by atoms with van der Waals surface area (Å²) in [6.07, 6.45) is 10.9. The topological polar surface area (TPSA) is 92.3 Å². The van der Waals surface area contributed by atoms with Gasteiger partial charge in [0.15, 0.2) is 0 Å². The Kier molecular flexibility index (Phi) is 7.48. The summed E-state index contributed by atoms with van der Waals surface area (Å²) in [5.41, 5.74) is 2.83. The smallest absolute Gasteiger partial charge is 0.222 e. The number of nitrogens with one attached hydrogen (secondary N) is 2. The maximum Gasteiger partial charge on any atom is 0.222 e. The number of benzene rings is 1. The molecule has 0 aliphatic carbocycles. The third-order valence-corrected chi connectivity index (χ3v) is 6.49. The van der Waals surface area contributed by atoms with Crippen molar-refractivity contribution >= 4 is 23.2 Å². The summed E-state index contributed by atoms with van der Waals surface area (Å²) < 4.78 is 6.35. The van der Waals surface area contributed by atoms with E-state index in [1.54, 1.807) is 6.20 Å². The van der Waals surface area contributed by atoms with Crippen molar-refractivity contribution in [3.8, 4) is 16.9 Å². The molecule has 2 aromatic heterocycles. The van der Waals surface area contributed by atoms with Crippen molar-refractivity contribution < 1.29 is 9.53 Å². The summed E-state index contributed by atoms with van der Waals surface area (Å²) in [6, 6.07) is 11.9. The monoisotopic (exact) mass is 472 g/mol. The SMILES string of the molecule is O=C1CCCCNc2ncc(cn2)-c2ccnc(c2)Nc2cccc(c2)OC2CCCN(CC2)C1. The Morgan fingerprint density at radius 1 is 0.943 bits per heavy atom. The Bertz CT molecular complexity index is 1140. The first kappa shape index (κ1) is 23.2. The van der Waals surface area contributed by atoms with Crippen LogP contribution in [0, 0.1) is 0 Å². The lowest BCUT2D eigenvalue weighted by molar-refractivity contribution is -0.120. The second-order valence-corrected chi connectivity index (χ2v) is 9.25. The molecule has 8 nitrogen and oxygen atoms in total. The number of rotatable bonds is 0. The summed E-state index contributed by atoms with van der Waals surface area (Å²) in [7, 11) is 0. The Balaban J connectivity index is 1.36. The van der Waals surface area contributed by atoms with Gasteiger partial charge in [0, 0.05) is 55.4 Å². The minimum atomic E-state index is 0.155. The number of carbonyl (C=O) groups excluding carboxylic acids is 1. The molecule has 6 rings (SSSR count). The molecule has 1 saturated heterocycles. The van der Waals surface area contributed by atoms with Gasteiger partial charge in [-0.05, 0) is 68.5 Å². The van der Waals surface area contributed by atoms with Crippen LogP contribution in [0.15, 0.2) is 55.0 Å². The van der Waals surface area contributed by atoms with Crippen molar-refractivity contribution in [2.75, 3.05) is 36.8 Å². The molecule has 5 heterocycles. The number of Topliss-reactive ketones (excluding diaryl/α,β-unsaturated/α-hetero) is 1. The van der Waals surface area contributed by atoms with Gasteiger partial charge in [0.2, 0.25) is 5.95 Å². The van der Waals surface area contributed by atoms with E-state index in [4.69, 9.17) is 4.74 Å². The van der Waals surface area contributed by atoms with Crippen molar-refractivity contribution in [3.05, 3.63) is 55.0 Å². The summed E-state index contributed by atoms with van der Waals surface area (Å²) in [5.74, 6) is 2.50. The number of hydrogen-bond acceptors (Lipinski definition) is 8. The first-order valence-electron chi connectivity index (χ1n) is 12.5. The lowest BCUT2D eigenvalue weighted by atomic mass is 10.1. The molecule has 8 heteroatoms. The zero-order chi connectivity index (χ0) is 23.9. The van der Waals surface area contributed by atoms with Crippen molar-refractivity contribution in [2.45, 2.75) is 44.6 Å². The summed E-state index contributed by atoms with van der Waals surface area (Å²) in [5, 5.41) is 6.65. The Labute approximate surface area is 206 Å². The van der Waals surface area contributed by atoms with Crippen LogP contribution in [0.1, 0.15) is 38.5 Å². The van der Waals surface area contributed by atoms with Crippen LogP contribution in [-0.2, 0) is 4.79 Å². The Morgan fingerprint density at radius 2 is 1.86 bits per heavy atom. The molecule has 0 spiro atoms. The van der Waals surface area contributed by atoms with Gasteiger partial charge < -0.3 is 15.4 Å². The van der Waals surface area contributed by atoms with Gasteiger partial charge in [-0.2, -0.15) is 0 Å². The summed E-state index contributed by atoms with van der Waals surface area (Å²) >= 11 is 0. The zero-order valence-electron chi connectivity index (χ0n) is 19.9. The highest BCUT2D eigenvalue weighted by Gasteiger charge is 2.20. The van der Waals surface area contributed by atoms with Crippen molar-refractivity contribution in [2.24, 2.45) is 0 Å². The number of nitrogens with zero attached hydrogens (tertiary/aromatic N) is 4. The van der Waals surface area contributed by atoms with E-state index in [0.717, 1.165) is 80.1 Å². The zero-order valence-corrected chi connectivity index (χ0v) is 19.9. The van der Waals surface area contributed by atoms with Crippen LogP contribution in [0.4, 0.5) is 17.5 Å². The van der Waals surface area contributed by atoms with Gasteiger partial charge in [-0.3, -0.25) is 9.69 Å². The summed E-state index contributed by atoms with van der Waals surface area (Å²) in [6.45, 7) is 3.12. The van der Waals surface area contributed by atoms with E-state index in [2.05, 4.69) is 30.5 Å². The highest BCUT2D eigenvalue weighted by Crippen LogP contribution is 2.26. The van der Waals surface area contributed by atoms with Gasteiger partial charge in [-0.25, -0.2) is 15.0 Å². The first-order valence-corrected chi connectivity index (χ1v) is 12.5. The molecule has 0 saturated carbocycles. The van der Waals surface area contributed by atoms with Crippen molar-refractivity contribution in [1.29, 1.82) is 0 Å². The van der Waals surface area contributed by atoms with E-state index in [1.807, 2.05) is 48.8 Å². The van der Waals surface area contributed by atoms with E-state index < -0.39 is 0 Å². The molecule has 1 fully saturated rings. The highest BCUT2D eigenvalue weighted by atomic mass is 16.5. The predicted molar refractivity (Wildman–Crippen MR) is 137 cm³/mol. The quantitative estimate of drug-likeness (QED) is 0.487. The number of aromatic nitrogens is 3. The number of anilines is 3. The Morgan fingerprint density at radius 3 is 2.77 bits per heavy atom. The van der Waals surface area contributed by atoms with E-state index in [1.165, 1.54) is 0 Å². The normalized spacial score (nSPS) is 21.3. The fourth-order valence-corrected chi connectivity index (χ4v) is 4.61. The third kappa shape index (κ3) is 6.54. The lowest BCUT2D eigenvalue weighted by Crippen LogP contribution is -2.31. The van der Waals surface area contributed by atoms with Gasteiger partial charge >= 0.3 is 0 Å². The van der Waals surface area contributed by atoms with Crippen LogP contribution < -0.4 is 15.4 Å². The maximum atomic E-state index is 12.5. The molecule has 2 N–H and O–H groups in total. The van der Waals surface area contributed by atoms with Crippen LogP contribution in [0.3, 0.4) is 0 Å². The van der Waals surface area contributed by atoms with E-state index in [9.17, 15) is 4.79 Å². The molecule has 35 heavy (non-hydrogen) atoms. The standard InChI is InChI=1S/C27H32N6O2/c34-23-6-1-2-11-29-27-30-17-21(18-31-27)20-9-12-28-26(15-20)32-22-5-3-7-25(16-22)35-24-8-4-13-33(19-23)14-10-24/h3,5,7,9,12,15-18,24H,1-2,4,6,8,10-11,13-14,19H2,(H,28,32)(H,29,30,31). The minimum Gasteiger partial charge on any atom is -0.490 e. The third-order valence-electron chi connectivity index (χ3n) is 6.49.